The van der Waals surface area contributed by atoms with Crippen molar-refractivity contribution in [3.63, 3.8) is 0 Å². The van der Waals surface area contributed by atoms with E-state index in [9.17, 15) is 13.2 Å². The minimum atomic E-state index is -4.04. The van der Waals surface area contributed by atoms with Gasteiger partial charge in [0.1, 0.15) is 0 Å². The second kappa shape index (κ2) is 6.27. The number of alkyl halides is 3. The summed E-state index contributed by atoms with van der Waals surface area (Å²) >= 11 is 0. The Kier molecular flexibility index (Phi) is 6.16. The van der Waals surface area contributed by atoms with Gasteiger partial charge in [0.05, 0.1) is 6.54 Å². The lowest BCUT2D eigenvalue weighted by molar-refractivity contribution is -0.145. The third-order valence-electron chi connectivity index (χ3n) is 2.06. The Balaban J connectivity index is 0.000000791. The molecular formula is C10H20F3N. The first kappa shape index (κ1) is 13.8. The van der Waals surface area contributed by atoms with Crippen LogP contribution in [0.25, 0.3) is 0 Å². The topological polar surface area (TPSA) is 3.24 Å². The molecule has 1 rings (SSSR count). The van der Waals surface area contributed by atoms with E-state index in [1.807, 2.05) is 13.8 Å². The van der Waals surface area contributed by atoms with Crippen LogP contribution in [-0.2, 0) is 0 Å². The molecule has 0 unspecified atom stereocenters. The maximum absolute atomic E-state index is 11.9. The molecule has 0 aromatic heterocycles. The van der Waals surface area contributed by atoms with Gasteiger partial charge in [-0.1, -0.05) is 20.8 Å². The summed E-state index contributed by atoms with van der Waals surface area (Å²) in [6, 6.07) is 0. The minimum absolute atomic E-state index is 0.496. The first-order valence-corrected chi connectivity index (χ1v) is 5.30. The highest BCUT2D eigenvalue weighted by molar-refractivity contribution is 4.77. The van der Waals surface area contributed by atoms with E-state index in [1.165, 1.54) is 4.90 Å². The normalized spacial score (nSPS) is 16.5. The Labute approximate surface area is 84.3 Å². The highest BCUT2D eigenvalue weighted by Gasteiger charge is 2.32. The van der Waals surface area contributed by atoms with Gasteiger partial charge in [0, 0.05) is 6.54 Å². The molecule has 14 heavy (non-hydrogen) atoms. The van der Waals surface area contributed by atoms with Gasteiger partial charge >= 0.3 is 6.18 Å². The molecule has 1 saturated carbocycles. The summed E-state index contributed by atoms with van der Waals surface area (Å²) in [5, 5.41) is 0. The summed E-state index contributed by atoms with van der Waals surface area (Å²) in [7, 11) is 0. The molecule has 0 atom stereocenters. The van der Waals surface area contributed by atoms with Crippen LogP contribution in [0, 0.1) is 5.92 Å². The van der Waals surface area contributed by atoms with Gasteiger partial charge in [0.15, 0.2) is 0 Å². The average Bonchev–Trinajstić information content (AvgIpc) is 2.88. The molecule has 1 aliphatic rings. The van der Waals surface area contributed by atoms with Crippen molar-refractivity contribution >= 4 is 0 Å². The minimum Gasteiger partial charge on any atom is -0.295 e. The molecule has 0 amide bonds. The van der Waals surface area contributed by atoms with Crippen molar-refractivity contribution < 1.29 is 13.2 Å². The molecule has 0 aliphatic heterocycles. The molecular weight excluding hydrogens is 191 g/mol. The first-order chi connectivity index (χ1) is 6.51. The zero-order valence-electron chi connectivity index (χ0n) is 9.19. The summed E-state index contributed by atoms with van der Waals surface area (Å²) < 4.78 is 35.8. The summed E-state index contributed by atoms with van der Waals surface area (Å²) in [6.45, 7) is 6.14. The zero-order valence-corrected chi connectivity index (χ0v) is 9.19. The molecule has 1 aliphatic carbocycles. The molecule has 0 radical (unpaired) electrons. The Morgan fingerprint density at radius 3 is 2.00 bits per heavy atom. The van der Waals surface area contributed by atoms with E-state index in [2.05, 4.69) is 0 Å². The van der Waals surface area contributed by atoms with Gasteiger partial charge in [0.2, 0.25) is 0 Å². The van der Waals surface area contributed by atoms with E-state index in [0.29, 0.717) is 19.0 Å². The van der Waals surface area contributed by atoms with Crippen LogP contribution in [0.3, 0.4) is 0 Å². The van der Waals surface area contributed by atoms with E-state index in [-0.39, 0.29) is 0 Å². The average molecular weight is 211 g/mol. The van der Waals surface area contributed by atoms with Crippen LogP contribution in [0.4, 0.5) is 13.2 Å². The molecule has 0 spiro atoms. The largest absolute Gasteiger partial charge is 0.401 e. The fraction of sp³-hybridized carbons (Fsp3) is 1.00. The SMILES string of the molecule is CC.CCN(CC1CC1)CC(F)(F)F. The molecule has 1 nitrogen and oxygen atoms in total. The lowest BCUT2D eigenvalue weighted by Gasteiger charge is -2.21. The maximum Gasteiger partial charge on any atom is 0.401 e. The Morgan fingerprint density at radius 2 is 1.71 bits per heavy atom. The van der Waals surface area contributed by atoms with Crippen LogP contribution in [0.1, 0.15) is 33.6 Å². The third-order valence-corrected chi connectivity index (χ3v) is 2.06. The predicted octanol–water partition coefficient (Wildman–Crippen LogP) is 3.31. The molecule has 4 heteroatoms. The van der Waals surface area contributed by atoms with Crippen molar-refractivity contribution in [2.24, 2.45) is 5.92 Å². The highest BCUT2D eigenvalue weighted by Crippen LogP contribution is 2.30. The van der Waals surface area contributed by atoms with Gasteiger partial charge in [-0.2, -0.15) is 13.2 Å². The predicted molar refractivity (Wildman–Crippen MR) is 52.2 cm³/mol. The lowest BCUT2D eigenvalue weighted by Crippen LogP contribution is -2.35. The van der Waals surface area contributed by atoms with Crippen molar-refractivity contribution in [2.45, 2.75) is 39.8 Å². The smallest absolute Gasteiger partial charge is 0.295 e. The van der Waals surface area contributed by atoms with Crippen LogP contribution in [-0.4, -0.2) is 30.7 Å². The monoisotopic (exact) mass is 211 g/mol. The lowest BCUT2D eigenvalue weighted by atomic mass is 10.3. The van der Waals surface area contributed by atoms with E-state index >= 15 is 0 Å². The summed E-state index contributed by atoms with van der Waals surface area (Å²) in [4.78, 5) is 1.47. The Hall–Kier alpha value is -0.250. The fourth-order valence-corrected chi connectivity index (χ4v) is 1.22. The Bertz CT molecular complexity index is 141. The van der Waals surface area contributed by atoms with Crippen molar-refractivity contribution in [1.82, 2.24) is 4.90 Å². The number of hydrogen-bond acceptors (Lipinski definition) is 1. The molecule has 0 heterocycles. The number of nitrogens with zero attached hydrogens (tertiary/aromatic N) is 1. The van der Waals surface area contributed by atoms with Crippen LogP contribution >= 0.6 is 0 Å². The van der Waals surface area contributed by atoms with Gasteiger partial charge in [-0.25, -0.2) is 0 Å². The summed E-state index contributed by atoms with van der Waals surface area (Å²) in [5.41, 5.74) is 0. The molecule has 0 saturated heterocycles. The highest BCUT2D eigenvalue weighted by atomic mass is 19.4. The maximum atomic E-state index is 11.9. The second-order valence-electron chi connectivity index (χ2n) is 3.39. The van der Waals surface area contributed by atoms with Gasteiger partial charge in [-0.3, -0.25) is 4.90 Å². The molecule has 0 aromatic carbocycles. The molecule has 0 aromatic rings. The molecule has 0 N–H and O–H groups in total. The van der Waals surface area contributed by atoms with Crippen molar-refractivity contribution in [2.75, 3.05) is 19.6 Å². The van der Waals surface area contributed by atoms with Crippen molar-refractivity contribution in [1.29, 1.82) is 0 Å². The molecule has 0 bridgehead atoms. The second-order valence-corrected chi connectivity index (χ2v) is 3.39. The fourth-order valence-electron chi connectivity index (χ4n) is 1.22. The van der Waals surface area contributed by atoms with E-state index < -0.39 is 12.7 Å². The zero-order chi connectivity index (χ0) is 11.2. The van der Waals surface area contributed by atoms with Crippen LogP contribution in [0.5, 0.6) is 0 Å². The van der Waals surface area contributed by atoms with Crippen molar-refractivity contribution in [3.8, 4) is 0 Å². The van der Waals surface area contributed by atoms with E-state index in [4.69, 9.17) is 0 Å². The molecule has 1 fully saturated rings. The van der Waals surface area contributed by atoms with Gasteiger partial charge in [0.25, 0.3) is 0 Å². The van der Waals surface area contributed by atoms with Crippen LogP contribution in [0.2, 0.25) is 0 Å². The molecule has 86 valence electrons. The Morgan fingerprint density at radius 1 is 1.21 bits per heavy atom. The quantitative estimate of drug-likeness (QED) is 0.689. The number of rotatable bonds is 4. The van der Waals surface area contributed by atoms with Gasteiger partial charge in [-0.05, 0) is 25.3 Å². The van der Waals surface area contributed by atoms with Crippen molar-refractivity contribution in [3.05, 3.63) is 0 Å². The third kappa shape index (κ3) is 7.18. The van der Waals surface area contributed by atoms with Crippen LogP contribution in [0.15, 0.2) is 0 Å². The summed E-state index contributed by atoms with van der Waals surface area (Å²) in [5.74, 6) is 0.535. The van der Waals surface area contributed by atoms with E-state index in [1.54, 1.807) is 6.92 Å². The standard InChI is InChI=1S/C8H14F3N.C2H6/c1-2-12(5-7-3-4-7)6-8(9,10)11;1-2/h7H,2-6H2,1H3;1-2H3. The van der Waals surface area contributed by atoms with Gasteiger partial charge < -0.3 is 0 Å². The van der Waals surface area contributed by atoms with E-state index in [0.717, 1.165) is 12.8 Å². The van der Waals surface area contributed by atoms with Gasteiger partial charge in [-0.15, -0.1) is 0 Å². The number of halogens is 3. The summed E-state index contributed by atoms with van der Waals surface area (Å²) in [6.07, 6.45) is -1.83. The first-order valence-electron chi connectivity index (χ1n) is 5.30. The van der Waals surface area contributed by atoms with Crippen LogP contribution < -0.4 is 0 Å². The number of hydrogen-bond donors (Lipinski definition) is 0.